The Morgan fingerprint density at radius 1 is 1.16 bits per heavy atom. The lowest BCUT2D eigenvalue weighted by Crippen LogP contribution is -2.71. The van der Waals surface area contributed by atoms with Crippen LogP contribution in [0.15, 0.2) is 39.8 Å². The molecule has 2 aromatic heterocycles. The quantitative estimate of drug-likeness (QED) is 0.441. The van der Waals surface area contributed by atoms with Crippen molar-refractivity contribution in [2.45, 2.75) is 91.6 Å². The molecule has 3 aliphatic rings. The van der Waals surface area contributed by atoms with Crippen molar-refractivity contribution in [3.05, 3.63) is 46.6 Å². The van der Waals surface area contributed by atoms with Gasteiger partial charge in [-0.2, -0.15) is 0 Å². The van der Waals surface area contributed by atoms with Gasteiger partial charge in [0.2, 0.25) is 0 Å². The topological polar surface area (TPSA) is 134 Å². The SMILES string of the molecule is CC(=O)OCC1(C)C2C[C@H](OC(C)=O)[C@@]3(C)Oc4cc(-c5cccnc5)oc(=O)c4[C@H](O)C3[C@@]2(C)CC[C@@H]1OCC(C)C. The van der Waals surface area contributed by atoms with Crippen LogP contribution in [-0.2, 0) is 23.8 Å². The second-order valence-electron chi connectivity index (χ2n) is 13.6. The van der Waals surface area contributed by atoms with Gasteiger partial charge < -0.3 is 28.5 Å². The van der Waals surface area contributed by atoms with Gasteiger partial charge in [-0.1, -0.05) is 27.7 Å². The number of aromatic nitrogens is 1. The lowest BCUT2D eigenvalue weighted by Gasteiger charge is -2.66. The summed E-state index contributed by atoms with van der Waals surface area (Å²) in [4.78, 5) is 42.1. The first-order valence-electron chi connectivity index (χ1n) is 15.1. The molecule has 1 N–H and O–H groups in total. The van der Waals surface area contributed by atoms with Crippen molar-refractivity contribution in [2.75, 3.05) is 13.2 Å². The molecule has 2 aromatic rings. The fourth-order valence-corrected chi connectivity index (χ4v) is 8.23. The van der Waals surface area contributed by atoms with Crippen LogP contribution in [0.3, 0.4) is 0 Å². The molecule has 10 heteroatoms. The Kier molecular flexibility index (Phi) is 8.24. The van der Waals surface area contributed by atoms with E-state index in [9.17, 15) is 19.5 Å². The number of rotatable bonds is 7. The van der Waals surface area contributed by atoms with Crippen LogP contribution in [0.5, 0.6) is 5.75 Å². The third-order valence-corrected chi connectivity index (χ3v) is 10.1. The highest BCUT2D eigenvalue weighted by Gasteiger charge is 2.70. The highest BCUT2D eigenvalue weighted by molar-refractivity contribution is 5.66. The van der Waals surface area contributed by atoms with Gasteiger partial charge >= 0.3 is 17.6 Å². The number of hydrogen-bond donors (Lipinski definition) is 1. The number of hydrogen-bond acceptors (Lipinski definition) is 10. The Bertz CT molecular complexity index is 1420. The Morgan fingerprint density at radius 3 is 2.53 bits per heavy atom. The van der Waals surface area contributed by atoms with Crippen LogP contribution in [-0.4, -0.2) is 53.1 Å². The van der Waals surface area contributed by atoms with E-state index in [4.69, 9.17) is 23.4 Å². The number of nitrogens with zero attached hydrogens (tertiary/aromatic N) is 1. The number of fused-ring (bicyclic) bond motifs is 4. The van der Waals surface area contributed by atoms with Crippen molar-refractivity contribution >= 4 is 11.9 Å². The summed E-state index contributed by atoms with van der Waals surface area (Å²) in [5.74, 6) is -1.02. The Labute approximate surface area is 252 Å². The predicted molar refractivity (Wildman–Crippen MR) is 156 cm³/mol. The van der Waals surface area contributed by atoms with Gasteiger partial charge in [0.05, 0.1) is 18.8 Å². The van der Waals surface area contributed by atoms with Gasteiger partial charge in [-0.3, -0.25) is 14.6 Å². The van der Waals surface area contributed by atoms with Gasteiger partial charge in [0.1, 0.15) is 28.8 Å². The molecule has 2 aliphatic carbocycles. The zero-order valence-electron chi connectivity index (χ0n) is 26.0. The summed E-state index contributed by atoms with van der Waals surface area (Å²) < 4.78 is 30.5. The normalized spacial score (nSPS) is 34.8. The molecule has 0 aromatic carbocycles. The molecule has 3 unspecified atom stereocenters. The van der Waals surface area contributed by atoms with Crippen molar-refractivity contribution in [1.82, 2.24) is 4.98 Å². The number of ether oxygens (including phenoxy) is 4. The summed E-state index contributed by atoms with van der Waals surface area (Å²) >= 11 is 0. The van der Waals surface area contributed by atoms with Crippen LogP contribution in [0.4, 0.5) is 0 Å². The van der Waals surface area contributed by atoms with E-state index in [-0.39, 0.29) is 35.7 Å². The summed E-state index contributed by atoms with van der Waals surface area (Å²) in [6, 6.07) is 5.09. The highest BCUT2D eigenvalue weighted by Crippen LogP contribution is 2.67. The second kappa shape index (κ2) is 11.4. The van der Waals surface area contributed by atoms with Gasteiger partial charge in [0.15, 0.2) is 0 Å². The van der Waals surface area contributed by atoms with Crippen LogP contribution < -0.4 is 10.4 Å². The standard InChI is InChI=1S/C33H43NO9/c1-18(2)16-39-25-10-11-31(5)24(32(25,6)17-40-19(3)35)14-26(41-20(4)36)33(7)29(31)28(37)27-23(43-33)13-22(42-30(27)38)21-9-8-12-34-15-21/h8-9,12-13,15,18,24-26,28-29,37H,10-11,14,16-17H2,1-7H3/t24?,25-,26-,28-,29?,31-,32?,33+/m0/s1. The second-order valence-corrected chi connectivity index (χ2v) is 13.6. The number of aliphatic hydroxyl groups excluding tert-OH is 1. The van der Waals surface area contributed by atoms with E-state index in [2.05, 4.69) is 32.7 Å². The zero-order chi connectivity index (χ0) is 31.3. The smallest absolute Gasteiger partial charge is 0.345 e. The van der Waals surface area contributed by atoms with Crippen LogP contribution in [0, 0.1) is 28.6 Å². The van der Waals surface area contributed by atoms with Crippen molar-refractivity contribution in [3.8, 4) is 17.1 Å². The molecule has 0 amide bonds. The molecular formula is C33H43NO9. The lowest BCUT2D eigenvalue weighted by molar-refractivity contribution is -0.273. The number of pyridine rings is 1. The maximum absolute atomic E-state index is 13.5. The molecular weight excluding hydrogens is 554 g/mol. The fourth-order valence-electron chi connectivity index (χ4n) is 8.23. The van der Waals surface area contributed by atoms with Crippen LogP contribution >= 0.6 is 0 Å². The van der Waals surface area contributed by atoms with E-state index in [1.165, 1.54) is 13.8 Å². The average molecular weight is 598 g/mol. The maximum Gasteiger partial charge on any atom is 0.345 e. The summed E-state index contributed by atoms with van der Waals surface area (Å²) in [5.41, 5.74) is -2.56. The Balaban J connectivity index is 1.64. The average Bonchev–Trinajstić information content (AvgIpc) is 2.92. The molecule has 0 saturated heterocycles. The largest absolute Gasteiger partial charge is 0.482 e. The molecule has 0 bridgehead atoms. The molecule has 5 rings (SSSR count). The summed E-state index contributed by atoms with van der Waals surface area (Å²) in [5, 5.41) is 12.1. The number of esters is 2. The Hall–Kier alpha value is -3.24. The first kappa shape index (κ1) is 31.2. The first-order chi connectivity index (χ1) is 20.2. The van der Waals surface area contributed by atoms with E-state index >= 15 is 0 Å². The van der Waals surface area contributed by atoms with Crippen molar-refractivity contribution in [2.24, 2.45) is 28.6 Å². The molecule has 234 valence electrons. The van der Waals surface area contributed by atoms with Crippen molar-refractivity contribution < 1.29 is 38.1 Å². The van der Waals surface area contributed by atoms with Gasteiger partial charge in [-0.05, 0) is 55.6 Å². The van der Waals surface area contributed by atoms with Gasteiger partial charge in [0, 0.05) is 55.8 Å². The summed E-state index contributed by atoms with van der Waals surface area (Å²) in [7, 11) is 0. The zero-order valence-corrected chi connectivity index (χ0v) is 26.0. The maximum atomic E-state index is 13.5. The van der Waals surface area contributed by atoms with E-state index in [0.29, 0.717) is 37.4 Å². The fraction of sp³-hybridized carbons (Fsp3) is 0.636. The highest BCUT2D eigenvalue weighted by atomic mass is 16.6. The molecule has 3 heterocycles. The summed E-state index contributed by atoms with van der Waals surface area (Å²) in [6.45, 7) is 13.5. The van der Waals surface area contributed by atoms with E-state index in [0.717, 1.165) is 0 Å². The van der Waals surface area contributed by atoms with E-state index in [1.54, 1.807) is 30.6 Å². The minimum atomic E-state index is -1.27. The van der Waals surface area contributed by atoms with E-state index < -0.39 is 52.1 Å². The van der Waals surface area contributed by atoms with Crippen LogP contribution in [0.25, 0.3) is 11.3 Å². The molecule has 2 saturated carbocycles. The van der Waals surface area contributed by atoms with Crippen molar-refractivity contribution in [1.29, 1.82) is 0 Å². The minimum Gasteiger partial charge on any atom is -0.482 e. The third-order valence-electron chi connectivity index (χ3n) is 10.1. The van der Waals surface area contributed by atoms with Gasteiger partial charge in [0.25, 0.3) is 0 Å². The molecule has 2 fully saturated rings. The molecule has 43 heavy (non-hydrogen) atoms. The molecule has 0 radical (unpaired) electrons. The third kappa shape index (κ3) is 5.37. The van der Waals surface area contributed by atoms with Crippen molar-refractivity contribution in [3.63, 3.8) is 0 Å². The number of carbonyl (C=O) groups excluding carboxylic acids is 2. The number of carbonyl (C=O) groups is 2. The van der Waals surface area contributed by atoms with E-state index in [1.807, 2.05) is 6.92 Å². The van der Waals surface area contributed by atoms with Gasteiger partial charge in [-0.25, -0.2) is 4.79 Å². The lowest BCUT2D eigenvalue weighted by atomic mass is 9.42. The predicted octanol–water partition coefficient (Wildman–Crippen LogP) is 4.86. The molecule has 0 spiro atoms. The van der Waals surface area contributed by atoms with Gasteiger partial charge in [-0.15, -0.1) is 0 Å². The van der Waals surface area contributed by atoms with Crippen LogP contribution in [0.1, 0.15) is 79.4 Å². The first-order valence-corrected chi connectivity index (χ1v) is 15.1. The number of aliphatic hydroxyl groups is 1. The molecule has 10 nitrogen and oxygen atoms in total. The monoisotopic (exact) mass is 597 g/mol. The molecule has 8 atom stereocenters. The summed E-state index contributed by atoms with van der Waals surface area (Å²) in [6.07, 6.45) is 2.60. The molecule has 1 aliphatic heterocycles. The Morgan fingerprint density at radius 2 is 1.91 bits per heavy atom. The minimum absolute atomic E-state index is 0.0402. The van der Waals surface area contributed by atoms with Crippen LogP contribution in [0.2, 0.25) is 0 Å².